The molecule has 3 saturated heterocycles. The standard InChI is InChI=1S/C18H21N3O4/c1-25-13-9-15-17(23)21(18(24)20(15)11-13)14-7-8-19(16(14)22)10-12-5-3-2-4-6-12/h2-6,13-15H,7-11H2,1H3/t13-,14-,15+/m1/s1. The highest BCUT2D eigenvalue weighted by molar-refractivity contribution is 6.08. The minimum Gasteiger partial charge on any atom is -0.380 e. The summed E-state index contributed by atoms with van der Waals surface area (Å²) in [5, 5.41) is 0. The van der Waals surface area contributed by atoms with Gasteiger partial charge in [-0.05, 0) is 12.0 Å². The van der Waals surface area contributed by atoms with Gasteiger partial charge in [0.25, 0.3) is 5.91 Å². The number of hydrogen-bond acceptors (Lipinski definition) is 4. The molecule has 4 amide bonds. The maximum Gasteiger partial charge on any atom is 0.328 e. The molecule has 0 radical (unpaired) electrons. The van der Waals surface area contributed by atoms with E-state index in [1.165, 1.54) is 4.90 Å². The molecule has 1 aromatic rings. The summed E-state index contributed by atoms with van der Waals surface area (Å²) in [6.45, 7) is 1.48. The first kappa shape index (κ1) is 16.1. The van der Waals surface area contributed by atoms with Gasteiger partial charge in [0.2, 0.25) is 5.91 Å². The predicted octanol–water partition coefficient (Wildman–Crippen LogP) is 0.839. The minimum atomic E-state index is -0.671. The summed E-state index contributed by atoms with van der Waals surface area (Å²) in [4.78, 5) is 42.6. The number of ether oxygens (including phenoxy) is 1. The number of carbonyl (C=O) groups is 3. The summed E-state index contributed by atoms with van der Waals surface area (Å²) in [5.74, 6) is -0.403. The highest BCUT2D eigenvalue weighted by Crippen LogP contribution is 2.32. The molecule has 0 aliphatic carbocycles. The van der Waals surface area contributed by atoms with Crippen LogP contribution in [0.5, 0.6) is 0 Å². The molecule has 0 saturated carbocycles. The van der Waals surface area contributed by atoms with Crippen molar-refractivity contribution in [1.29, 1.82) is 0 Å². The fraction of sp³-hybridized carbons (Fsp3) is 0.500. The summed E-state index contributed by atoms with van der Waals surface area (Å²) >= 11 is 0. The van der Waals surface area contributed by atoms with Crippen LogP contribution in [0.4, 0.5) is 4.79 Å². The molecule has 3 aliphatic heterocycles. The van der Waals surface area contributed by atoms with Gasteiger partial charge in [0.05, 0.1) is 6.10 Å². The van der Waals surface area contributed by atoms with Crippen LogP contribution in [0.25, 0.3) is 0 Å². The number of methoxy groups -OCH3 is 1. The number of urea groups is 1. The van der Waals surface area contributed by atoms with Crippen LogP contribution >= 0.6 is 0 Å². The van der Waals surface area contributed by atoms with Crippen LogP contribution in [-0.2, 0) is 20.9 Å². The maximum atomic E-state index is 12.8. The fourth-order valence-electron chi connectivity index (χ4n) is 4.02. The van der Waals surface area contributed by atoms with Gasteiger partial charge in [-0.15, -0.1) is 0 Å². The van der Waals surface area contributed by atoms with Crippen molar-refractivity contribution in [2.24, 2.45) is 0 Å². The second kappa shape index (κ2) is 6.15. The molecule has 1 aromatic carbocycles. The highest BCUT2D eigenvalue weighted by atomic mass is 16.5. The smallest absolute Gasteiger partial charge is 0.328 e. The van der Waals surface area contributed by atoms with Crippen LogP contribution in [0.1, 0.15) is 18.4 Å². The van der Waals surface area contributed by atoms with Gasteiger partial charge in [0.15, 0.2) is 0 Å². The van der Waals surface area contributed by atoms with Crippen molar-refractivity contribution >= 4 is 17.8 Å². The molecule has 25 heavy (non-hydrogen) atoms. The first-order valence-corrected chi connectivity index (χ1v) is 8.59. The zero-order chi connectivity index (χ0) is 17.6. The van der Waals surface area contributed by atoms with Crippen molar-refractivity contribution < 1.29 is 19.1 Å². The van der Waals surface area contributed by atoms with Crippen molar-refractivity contribution in [3.05, 3.63) is 35.9 Å². The zero-order valence-electron chi connectivity index (χ0n) is 14.1. The third kappa shape index (κ3) is 2.59. The second-order valence-electron chi connectivity index (χ2n) is 6.80. The molecule has 0 bridgehead atoms. The van der Waals surface area contributed by atoms with Gasteiger partial charge in [-0.2, -0.15) is 0 Å². The number of likely N-dealkylation sites (tertiary alicyclic amines) is 1. The second-order valence-corrected chi connectivity index (χ2v) is 6.80. The average molecular weight is 343 g/mol. The maximum absolute atomic E-state index is 12.8. The molecule has 3 fully saturated rings. The van der Waals surface area contributed by atoms with E-state index < -0.39 is 12.1 Å². The molecule has 3 aliphatic rings. The summed E-state index contributed by atoms with van der Waals surface area (Å²) < 4.78 is 5.27. The van der Waals surface area contributed by atoms with Crippen molar-refractivity contribution in [3.63, 3.8) is 0 Å². The van der Waals surface area contributed by atoms with Crippen LogP contribution in [0, 0.1) is 0 Å². The van der Waals surface area contributed by atoms with Crippen molar-refractivity contribution in [2.75, 3.05) is 20.2 Å². The van der Waals surface area contributed by atoms with Gasteiger partial charge in [-0.1, -0.05) is 30.3 Å². The number of benzene rings is 1. The molecule has 7 nitrogen and oxygen atoms in total. The molecule has 3 heterocycles. The normalized spacial score (nSPS) is 29.1. The number of hydrogen-bond donors (Lipinski definition) is 0. The fourth-order valence-corrected chi connectivity index (χ4v) is 4.02. The Bertz CT molecular complexity index is 684. The van der Waals surface area contributed by atoms with Crippen molar-refractivity contribution in [1.82, 2.24) is 14.7 Å². The topological polar surface area (TPSA) is 70.2 Å². The monoisotopic (exact) mass is 343 g/mol. The summed E-state index contributed by atoms with van der Waals surface area (Å²) in [6.07, 6.45) is 0.901. The van der Waals surface area contributed by atoms with Gasteiger partial charge < -0.3 is 14.5 Å². The Morgan fingerprint density at radius 3 is 2.52 bits per heavy atom. The third-order valence-electron chi connectivity index (χ3n) is 5.37. The Balaban J connectivity index is 1.47. The first-order valence-electron chi connectivity index (χ1n) is 8.59. The zero-order valence-corrected chi connectivity index (χ0v) is 14.1. The Kier molecular flexibility index (Phi) is 3.95. The molecule has 0 N–H and O–H groups in total. The van der Waals surface area contributed by atoms with E-state index in [1.807, 2.05) is 30.3 Å². The van der Waals surface area contributed by atoms with Gasteiger partial charge in [0, 0.05) is 33.2 Å². The lowest BCUT2D eigenvalue weighted by molar-refractivity contribution is -0.138. The molecule has 0 unspecified atom stereocenters. The average Bonchev–Trinajstić information content (AvgIpc) is 3.26. The molecule has 7 heteroatoms. The van der Waals surface area contributed by atoms with E-state index in [9.17, 15) is 14.4 Å². The third-order valence-corrected chi connectivity index (χ3v) is 5.37. The Morgan fingerprint density at radius 1 is 1.08 bits per heavy atom. The van der Waals surface area contributed by atoms with Crippen LogP contribution < -0.4 is 0 Å². The van der Waals surface area contributed by atoms with Crippen LogP contribution in [0.2, 0.25) is 0 Å². The number of amides is 4. The number of rotatable bonds is 4. The Morgan fingerprint density at radius 2 is 1.84 bits per heavy atom. The summed E-state index contributed by atoms with van der Waals surface area (Å²) in [7, 11) is 1.58. The van der Waals surface area contributed by atoms with E-state index in [0.717, 1.165) is 5.56 Å². The lowest BCUT2D eigenvalue weighted by Crippen LogP contribution is -2.46. The lowest BCUT2D eigenvalue weighted by Gasteiger charge is -2.23. The van der Waals surface area contributed by atoms with Crippen LogP contribution in [0.3, 0.4) is 0 Å². The molecule has 132 valence electrons. The molecule has 0 spiro atoms. The Labute approximate surface area is 146 Å². The number of imide groups is 1. The van der Waals surface area contributed by atoms with E-state index in [0.29, 0.717) is 32.5 Å². The van der Waals surface area contributed by atoms with E-state index in [4.69, 9.17) is 4.74 Å². The van der Waals surface area contributed by atoms with Gasteiger partial charge in [0.1, 0.15) is 12.1 Å². The van der Waals surface area contributed by atoms with E-state index >= 15 is 0 Å². The van der Waals surface area contributed by atoms with Crippen LogP contribution in [0.15, 0.2) is 30.3 Å². The number of carbonyl (C=O) groups excluding carboxylic acids is 3. The first-order chi connectivity index (χ1) is 12.1. The predicted molar refractivity (Wildman–Crippen MR) is 88.4 cm³/mol. The summed E-state index contributed by atoms with van der Waals surface area (Å²) in [6, 6.07) is 8.23. The number of nitrogens with zero attached hydrogens (tertiary/aromatic N) is 3. The largest absolute Gasteiger partial charge is 0.380 e. The van der Waals surface area contributed by atoms with E-state index in [1.54, 1.807) is 16.9 Å². The van der Waals surface area contributed by atoms with E-state index in [-0.39, 0.29) is 23.9 Å². The Hall–Kier alpha value is -2.41. The molecule has 4 rings (SSSR count). The minimum absolute atomic E-state index is 0.103. The van der Waals surface area contributed by atoms with E-state index in [2.05, 4.69) is 0 Å². The molecule has 0 aromatic heterocycles. The highest BCUT2D eigenvalue weighted by Gasteiger charge is 2.55. The quantitative estimate of drug-likeness (QED) is 0.760. The summed E-state index contributed by atoms with van der Waals surface area (Å²) in [5.41, 5.74) is 1.04. The molecular weight excluding hydrogens is 322 g/mol. The number of fused-ring (bicyclic) bond motifs is 1. The SMILES string of the molecule is CO[C@@H]1C[C@H]2C(=O)N([C@@H]3CCN(Cc4ccccc4)C3=O)C(=O)N2C1. The van der Waals surface area contributed by atoms with Crippen molar-refractivity contribution in [2.45, 2.75) is 37.6 Å². The van der Waals surface area contributed by atoms with Crippen molar-refractivity contribution in [3.8, 4) is 0 Å². The van der Waals surface area contributed by atoms with Gasteiger partial charge >= 0.3 is 6.03 Å². The van der Waals surface area contributed by atoms with Gasteiger partial charge in [-0.3, -0.25) is 9.59 Å². The van der Waals surface area contributed by atoms with Crippen LogP contribution in [-0.4, -0.2) is 70.9 Å². The van der Waals surface area contributed by atoms with Gasteiger partial charge in [-0.25, -0.2) is 9.69 Å². The lowest BCUT2D eigenvalue weighted by atomic mass is 10.1. The molecular formula is C18H21N3O4. The molecule has 3 atom stereocenters.